The van der Waals surface area contributed by atoms with Crippen LogP contribution in [0.3, 0.4) is 0 Å². The van der Waals surface area contributed by atoms with Crippen LogP contribution in [0.5, 0.6) is 0 Å². The van der Waals surface area contributed by atoms with Gasteiger partial charge < -0.3 is 10.2 Å². The number of aliphatic carboxylic acids is 2. The topological polar surface area (TPSA) is 74.6 Å². The zero-order valence-corrected chi connectivity index (χ0v) is 9.33. The van der Waals surface area contributed by atoms with Gasteiger partial charge in [0, 0.05) is 58.2 Å². The molecule has 41 valence electrons. The fourth-order valence-corrected chi connectivity index (χ4v) is 0.129. The van der Waals surface area contributed by atoms with Crippen LogP contribution in [0.15, 0.2) is 0 Å². The Hall–Kier alpha value is 0.745. The number of hydrogen-bond donors (Lipinski definition) is 2. The van der Waals surface area contributed by atoms with Crippen molar-refractivity contribution in [3.8, 4) is 0 Å². The van der Waals surface area contributed by atoms with Gasteiger partial charge in [-0.2, -0.15) is 0 Å². The van der Waals surface area contributed by atoms with Crippen LogP contribution in [0.2, 0.25) is 0 Å². The van der Waals surface area contributed by atoms with E-state index in [1.54, 1.807) is 0 Å². The second-order valence-corrected chi connectivity index (χ2v) is 0.964. The Bertz CT molecular complexity index is 87.5. The first-order valence-corrected chi connectivity index (χ1v) is 1.56. The molecule has 0 aromatic heterocycles. The van der Waals surface area contributed by atoms with Gasteiger partial charge in [0.2, 0.25) is 0 Å². The molecule has 4 nitrogen and oxygen atoms in total. The molecule has 0 aliphatic heterocycles. The third-order valence-electron chi connectivity index (χ3n) is 0.302. The molecule has 0 rings (SSSR count). The van der Waals surface area contributed by atoms with Crippen molar-refractivity contribution in [3.05, 3.63) is 0 Å². The van der Waals surface area contributed by atoms with E-state index in [0.717, 1.165) is 0 Å². The van der Waals surface area contributed by atoms with Crippen molar-refractivity contribution in [1.29, 1.82) is 0 Å². The van der Waals surface area contributed by atoms with E-state index < -0.39 is 18.4 Å². The summed E-state index contributed by atoms with van der Waals surface area (Å²) in [7, 11) is 0. The van der Waals surface area contributed by atoms with E-state index in [0.29, 0.717) is 0 Å². The average Bonchev–Trinajstić information content (AvgIpc) is 1.27. The number of carbonyl (C=O) groups is 2. The van der Waals surface area contributed by atoms with Crippen LogP contribution in [-0.2, 0) is 9.59 Å². The van der Waals surface area contributed by atoms with Gasteiger partial charge in [-0.3, -0.25) is 9.59 Å². The molecular formula is C3H4O4Rb. The summed E-state index contributed by atoms with van der Waals surface area (Å²) < 4.78 is 0. The number of rotatable bonds is 2. The molecule has 0 amide bonds. The van der Waals surface area contributed by atoms with E-state index in [-0.39, 0.29) is 58.2 Å². The van der Waals surface area contributed by atoms with E-state index >= 15 is 0 Å². The summed E-state index contributed by atoms with van der Waals surface area (Å²) in [5.41, 5.74) is 0. The standard InChI is InChI=1S/C3H4O4.Rb/c4-2(5)1-3(6)7;/h1H2,(H,4,5)(H,6,7);. The Morgan fingerprint density at radius 2 is 1.38 bits per heavy atom. The number of hydrogen-bond acceptors (Lipinski definition) is 2. The molecule has 0 saturated heterocycles. The Kier molecular flexibility index (Phi) is 8.47. The van der Waals surface area contributed by atoms with Crippen molar-refractivity contribution in [2.45, 2.75) is 6.42 Å². The van der Waals surface area contributed by atoms with Gasteiger partial charge in [-0.15, -0.1) is 0 Å². The molecule has 0 bridgehead atoms. The Morgan fingerprint density at radius 3 is 1.38 bits per heavy atom. The van der Waals surface area contributed by atoms with Gasteiger partial charge in [0.05, 0.1) is 0 Å². The summed E-state index contributed by atoms with van der Waals surface area (Å²) in [4.78, 5) is 18.9. The van der Waals surface area contributed by atoms with Crippen LogP contribution >= 0.6 is 0 Å². The summed E-state index contributed by atoms with van der Waals surface area (Å²) in [5, 5.41) is 15.4. The SMILES string of the molecule is O=C(O)CC(=O)O.[Rb]. The molecule has 0 aromatic rings. The predicted octanol–water partition coefficient (Wildman–Crippen LogP) is -0.835. The van der Waals surface area contributed by atoms with Crippen molar-refractivity contribution >= 4 is 70.1 Å². The van der Waals surface area contributed by atoms with E-state index in [2.05, 4.69) is 0 Å². The minimum atomic E-state index is -1.31. The van der Waals surface area contributed by atoms with E-state index in [4.69, 9.17) is 10.2 Å². The van der Waals surface area contributed by atoms with Crippen LogP contribution in [0.25, 0.3) is 0 Å². The first-order valence-electron chi connectivity index (χ1n) is 1.56. The molecule has 2 N–H and O–H groups in total. The van der Waals surface area contributed by atoms with Crippen molar-refractivity contribution < 1.29 is 19.8 Å². The van der Waals surface area contributed by atoms with E-state index in [1.807, 2.05) is 0 Å². The van der Waals surface area contributed by atoms with Crippen molar-refractivity contribution in [2.75, 3.05) is 0 Å². The second-order valence-electron chi connectivity index (χ2n) is 0.964. The Balaban J connectivity index is 0. The van der Waals surface area contributed by atoms with Crippen LogP contribution < -0.4 is 0 Å². The summed E-state index contributed by atoms with van der Waals surface area (Å²) in [6.45, 7) is 0. The van der Waals surface area contributed by atoms with Crippen molar-refractivity contribution in [1.82, 2.24) is 0 Å². The molecule has 0 unspecified atom stereocenters. The maximum atomic E-state index is 9.43. The maximum absolute atomic E-state index is 9.43. The second kappa shape index (κ2) is 5.87. The van der Waals surface area contributed by atoms with Crippen molar-refractivity contribution in [3.63, 3.8) is 0 Å². The molecule has 1 radical (unpaired) electrons. The molecular weight excluding hydrogens is 185 g/mol. The van der Waals surface area contributed by atoms with Gasteiger partial charge in [-0.05, 0) is 0 Å². The van der Waals surface area contributed by atoms with Crippen LogP contribution in [0.1, 0.15) is 6.42 Å². The van der Waals surface area contributed by atoms with Gasteiger partial charge in [-0.1, -0.05) is 0 Å². The molecule has 0 atom stereocenters. The quantitative estimate of drug-likeness (QED) is 0.556. The average molecular weight is 190 g/mol. The molecule has 8 heavy (non-hydrogen) atoms. The fraction of sp³-hybridized carbons (Fsp3) is 0.333. The van der Waals surface area contributed by atoms with Gasteiger partial charge >= 0.3 is 11.9 Å². The zero-order valence-electron chi connectivity index (χ0n) is 4.42. The smallest absolute Gasteiger partial charge is 0.314 e. The zero-order chi connectivity index (χ0) is 5.86. The molecule has 0 aliphatic carbocycles. The predicted molar refractivity (Wildman–Crippen MR) is 25.6 cm³/mol. The molecule has 0 saturated carbocycles. The third kappa shape index (κ3) is 9.89. The summed E-state index contributed by atoms with van der Waals surface area (Å²) >= 11 is 0. The van der Waals surface area contributed by atoms with E-state index in [9.17, 15) is 9.59 Å². The first-order chi connectivity index (χ1) is 3.13. The largest absolute Gasteiger partial charge is 0.481 e. The summed E-state index contributed by atoms with van der Waals surface area (Å²) in [6, 6.07) is 0. The van der Waals surface area contributed by atoms with Crippen LogP contribution in [0, 0.1) is 0 Å². The van der Waals surface area contributed by atoms with Crippen LogP contribution in [-0.4, -0.2) is 80.3 Å². The maximum Gasteiger partial charge on any atom is 0.314 e. The molecule has 0 fully saturated rings. The molecule has 0 spiro atoms. The van der Waals surface area contributed by atoms with Crippen LogP contribution in [0.4, 0.5) is 0 Å². The minimum absolute atomic E-state index is 0. The number of carboxylic acid groups (broad SMARTS) is 2. The molecule has 0 heterocycles. The normalized spacial score (nSPS) is 7.00. The van der Waals surface area contributed by atoms with E-state index in [1.165, 1.54) is 0 Å². The Morgan fingerprint density at radius 1 is 1.12 bits per heavy atom. The van der Waals surface area contributed by atoms with Gasteiger partial charge in [0.1, 0.15) is 6.42 Å². The van der Waals surface area contributed by atoms with Gasteiger partial charge in [0.15, 0.2) is 0 Å². The fourth-order valence-electron chi connectivity index (χ4n) is 0.129. The van der Waals surface area contributed by atoms with Gasteiger partial charge in [0.25, 0.3) is 0 Å². The molecule has 0 aliphatic rings. The summed E-state index contributed by atoms with van der Waals surface area (Å²) in [5.74, 6) is -2.62. The molecule has 5 heteroatoms. The first kappa shape index (κ1) is 11.5. The minimum Gasteiger partial charge on any atom is -0.481 e. The number of carboxylic acids is 2. The summed E-state index contributed by atoms with van der Waals surface area (Å²) in [6.07, 6.45) is -0.806. The van der Waals surface area contributed by atoms with Crippen molar-refractivity contribution in [2.24, 2.45) is 0 Å². The molecule has 0 aromatic carbocycles. The monoisotopic (exact) mass is 189 g/mol. The van der Waals surface area contributed by atoms with Gasteiger partial charge in [-0.25, -0.2) is 0 Å². The third-order valence-corrected chi connectivity index (χ3v) is 0.302. The Labute approximate surface area is 94.7 Å².